The fourth-order valence-electron chi connectivity index (χ4n) is 1.52. The van der Waals surface area contributed by atoms with Crippen LogP contribution < -0.4 is 11.5 Å². The van der Waals surface area contributed by atoms with Crippen LogP contribution in [0.2, 0.25) is 0 Å². The lowest BCUT2D eigenvalue weighted by molar-refractivity contribution is 0.554. The molecule has 80 valence electrons. The second kappa shape index (κ2) is 6.98. The highest BCUT2D eigenvalue weighted by Gasteiger charge is 2.04. The van der Waals surface area contributed by atoms with Gasteiger partial charge in [-0.2, -0.15) is 0 Å². The maximum atomic E-state index is 6.02. The third-order valence-corrected chi connectivity index (χ3v) is 3.22. The summed E-state index contributed by atoms with van der Waals surface area (Å²) in [7, 11) is 0. The van der Waals surface area contributed by atoms with Crippen LogP contribution in [0.15, 0.2) is 17.5 Å². The monoisotopic (exact) mass is 212 g/mol. The molecule has 0 aliphatic heterocycles. The van der Waals surface area contributed by atoms with Gasteiger partial charge < -0.3 is 11.5 Å². The first-order valence-corrected chi connectivity index (χ1v) is 6.19. The van der Waals surface area contributed by atoms with Gasteiger partial charge in [-0.1, -0.05) is 18.9 Å². The molecule has 1 aromatic rings. The first-order chi connectivity index (χ1) is 6.83. The zero-order valence-corrected chi connectivity index (χ0v) is 9.43. The number of nitrogens with two attached hydrogens (primary N) is 2. The fraction of sp³-hybridized carbons (Fsp3) is 0.636. The molecule has 0 amide bonds. The molecule has 0 aliphatic rings. The van der Waals surface area contributed by atoms with Gasteiger partial charge in [0.1, 0.15) is 0 Å². The van der Waals surface area contributed by atoms with Crippen molar-refractivity contribution >= 4 is 11.3 Å². The minimum Gasteiger partial charge on any atom is -0.330 e. The van der Waals surface area contributed by atoms with E-state index in [2.05, 4.69) is 17.5 Å². The molecule has 0 spiro atoms. The van der Waals surface area contributed by atoms with Crippen LogP contribution in [0.25, 0.3) is 0 Å². The van der Waals surface area contributed by atoms with E-state index < -0.39 is 0 Å². The molecular weight excluding hydrogens is 192 g/mol. The molecule has 4 N–H and O–H groups in total. The molecule has 1 aromatic heterocycles. The SMILES string of the molecule is NCCCCCC(N)Cc1cccs1. The van der Waals surface area contributed by atoms with E-state index >= 15 is 0 Å². The number of hydrogen-bond donors (Lipinski definition) is 2. The number of rotatable bonds is 7. The fourth-order valence-corrected chi connectivity index (χ4v) is 2.32. The molecule has 1 unspecified atom stereocenters. The summed E-state index contributed by atoms with van der Waals surface area (Å²) in [4.78, 5) is 1.40. The topological polar surface area (TPSA) is 52.0 Å². The molecule has 14 heavy (non-hydrogen) atoms. The Balaban J connectivity index is 2.07. The van der Waals surface area contributed by atoms with E-state index in [0.29, 0.717) is 6.04 Å². The van der Waals surface area contributed by atoms with Crippen LogP contribution in [-0.2, 0) is 6.42 Å². The summed E-state index contributed by atoms with van der Waals surface area (Å²) in [5, 5.41) is 2.11. The van der Waals surface area contributed by atoms with Crippen molar-refractivity contribution in [2.75, 3.05) is 6.54 Å². The first kappa shape index (κ1) is 11.7. The molecule has 3 heteroatoms. The Morgan fingerprint density at radius 3 is 2.79 bits per heavy atom. The summed E-state index contributed by atoms with van der Waals surface area (Å²) in [5.41, 5.74) is 11.4. The Bertz CT molecular complexity index is 221. The normalized spacial score (nSPS) is 13.0. The molecule has 0 aliphatic carbocycles. The van der Waals surface area contributed by atoms with E-state index in [1.165, 1.54) is 17.7 Å². The van der Waals surface area contributed by atoms with Crippen molar-refractivity contribution in [1.82, 2.24) is 0 Å². The summed E-state index contributed by atoms with van der Waals surface area (Å²) < 4.78 is 0. The van der Waals surface area contributed by atoms with Gasteiger partial charge in [0.2, 0.25) is 0 Å². The van der Waals surface area contributed by atoms with Crippen LogP contribution in [-0.4, -0.2) is 12.6 Å². The van der Waals surface area contributed by atoms with Gasteiger partial charge in [-0.25, -0.2) is 0 Å². The molecule has 1 rings (SSSR count). The molecule has 0 fully saturated rings. The Morgan fingerprint density at radius 2 is 2.14 bits per heavy atom. The van der Waals surface area contributed by atoms with Gasteiger partial charge in [-0.15, -0.1) is 11.3 Å². The van der Waals surface area contributed by atoms with Gasteiger partial charge in [-0.3, -0.25) is 0 Å². The quantitative estimate of drug-likeness (QED) is 0.680. The Kier molecular flexibility index (Phi) is 5.83. The molecule has 0 saturated heterocycles. The summed E-state index contributed by atoms with van der Waals surface area (Å²) in [6.07, 6.45) is 5.71. The highest BCUT2D eigenvalue weighted by Crippen LogP contribution is 2.13. The second-order valence-corrected chi connectivity index (χ2v) is 4.71. The van der Waals surface area contributed by atoms with E-state index in [0.717, 1.165) is 25.8 Å². The number of hydrogen-bond acceptors (Lipinski definition) is 3. The molecule has 0 aromatic carbocycles. The lowest BCUT2D eigenvalue weighted by Crippen LogP contribution is -2.22. The Morgan fingerprint density at radius 1 is 1.29 bits per heavy atom. The molecule has 0 radical (unpaired) electrons. The summed E-state index contributed by atoms with van der Waals surface area (Å²) >= 11 is 1.79. The van der Waals surface area contributed by atoms with Crippen LogP contribution in [0.5, 0.6) is 0 Å². The average Bonchev–Trinajstić information content (AvgIpc) is 2.65. The minimum absolute atomic E-state index is 0.325. The van der Waals surface area contributed by atoms with Gasteiger partial charge in [0, 0.05) is 10.9 Å². The lowest BCUT2D eigenvalue weighted by Gasteiger charge is -2.09. The molecular formula is C11H20N2S. The highest BCUT2D eigenvalue weighted by molar-refractivity contribution is 7.09. The van der Waals surface area contributed by atoms with Crippen molar-refractivity contribution < 1.29 is 0 Å². The van der Waals surface area contributed by atoms with Crippen LogP contribution in [0.3, 0.4) is 0 Å². The average molecular weight is 212 g/mol. The van der Waals surface area contributed by atoms with Gasteiger partial charge >= 0.3 is 0 Å². The molecule has 0 saturated carbocycles. The van der Waals surface area contributed by atoms with Crippen molar-refractivity contribution in [2.45, 2.75) is 38.1 Å². The van der Waals surface area contributed by atoms with Gasteiger partial charge in [0.15, 0.2) is 0 Å². The largest absolute Gasteiger partial charge is 0.330 e. The van der Waals surface area contributed by atoms with Crippen LogP contribution in [0, 0.1) is 0 Å². The van der Waals surface area contributed by atoms with E-state index in [1.807, 2.05) is 0 Å². The third kappa shape index (κ3) is 4.74. The Hall–Kier alpha value is -0.380. The first-order valence-electron chi connectivity index (χ1n) is 5.31. The Labute approximate surface area is 90.3 Å². The third-order valence-electron chi connectivity index (χ3n) is 2.32. The van der Waals surface area contributed by atoms with Crippen LogP contribution >= 0.6 is 11.3 Å². The lowest BCUT2D eigenvalue weighted by atomic mass is 10.1. The predicted molar refractivity (Wildman–Crippen MR) is 63.5 cm³/mol. The standard InChI is InChI=1S/C11H20N2S/c12-7-3-1-2-5-10(13)9-11-6-4-8-14-11/h4,6,8,10H,1-3,5,7,9,12-13H2. The van der Waals surface area contributed by atoms with E-state index in [4.69, 9.17) is 11.5 Å². The van der Waals surface area contributed by atoms with Crippen molar-refractivity contribution in [1.29, 1.82) is 0 Å². The highest BCUT2D eigenvalue weighted by atomic mass is 32.1. The molecule has 1 atom stereocenters. The second-order valence-electron chi connectivity index (χ2n) is 3.68. The maximum Gasteiger partial charge on any atom is 0.00871 e. The smallest absolute Gasteiger partial charge is 0.00871 e. The zero-order valence-electron chi connectivity index (χ0n) is 8.61. The molecule has 1 heterocycles. The number of thiophene rings is 1. The molecule has 0 bridgehead atoms. The zero-order chi connectivity index (χ0) is 10.2. The van der Waals surface area contributed by atoms with E-state index in [-0.39, 0.29) is 0 Å². The van der Waals surface area contributed by atoms with Gasteiger partial charge in [-0.05, 0) is 37.3 Å². The summed E-state index contributed by atoms with van der Waals surface area (Å²) in [5.74, 6) is 0. The summed E-state index contributed by atoms with van der Waals surface area (Å²) in [6, 6.07) is 4.57. The van der Waals surface area contributed by atoms with Crippen LogP contribution in [0.4, 0.5) is 0 Å². The number of unbranched alkanes of at least 4 members (excludes halogenated alkanes) is 2. The summed E-state index contributed by atoms with van der Waals surface area (Å²) in [6.45, 7) is 0.806. The van der Waals surface area contributed by atoms with Crippen molar-refractivity contribution in [3.05, 3.63) is 22.4 Å². The van der Waals surface area contributed by atoms with Crippen molar-refractivity contribution in [3.8, 4) is 0 Å². The van der Waals surface area contributed by atoms with Crippen molar-refractivity contribution in [2.24, 2.45) is 11.5 Å². The van der Waals surface area contributed by atoms with Crippen molar-refractivity contribution in [3.63, 3.8) is 0 Å². The maximum absolute atomic E-state index is 6.02. The predicted octanol–water partition coefficient (Wildman–Crippen LogP) is 2.14. The molecule has 2 nitrogen and oxygen atoms in total. The minimum atomic E-state index is 0.325. The van der Waals surface area contributed by atoms with Gasteiger partial charge in [0.05, 0.1) is 0 Å². The van der Waals surface area contributed by atoms with Gasteiger partial charge in [0.25, 0.3) is 0 Å². The van der Waals surface area contributed by atoms with Crippen LogP contribution in [0.1, 0.15) is 30.6 Å². The van der Waals surface area contributed by atoms with E-state index in [1.54, 1.807) is 11.3 Å². The van der Waals surface area contributed by atoms with E-state index in [9.17, 15) is 0 Å².